The number of carbonyl (C=O) groups excluding carboxylic acids is 2. The quantitative estimate of drug-likeness (QED) is 0.750. The van der Waals surface area contributed by atoms with Crippen molar-refractivity contribution in [3.05, 3.63) is 35.6 Å². The lowest BCUT2D eigenvalue weighted by molar-refractivity contribution is -0.150. The van der Waals surface area contributed by atoms with E-state index in [1.165, 1.54) is 12.1 Å². The van der Waals surface area contributed by atoms with Gasteiger partial charge in [0.05, 0.1) is 23.7 Å². The molecule has 0 radical (unpaired) electrons. The predicted molar refractivity (Wildman–Crippen MR) is 113 cm³/mol. The third-order valence-corrected chi connectivity index (χ3v) is 8.55. The number of piperidine rings is 1. The lowest BCUT2D eigenvalue weighted by atomic mass is 9.70. The number of carbonyl (C=O) groups is 2. The van der Waals surface area contributed by atoms with Crippen molar-refractivity contribution in [2.45, 2.75) is 74.3 Å². The highest BCUT2D eigenvalue weighted by Gasteiger charge is 2.59. The summed E-state index contributed by atoms with van der Waals surface area (Å²) in [5.74, 6) is 0.133. The number of piperazine rings is 1. The van der Waals surface area contributed by atoms with Crippen molar-refractivity contribution in [3.63, 3.8) is 0 Å². The van der Waals surface area contributed by atoms with E-state index in [2.05, 4.69) is 15.9 Å². The minimum absolute atomic E-state index is 0.0895. The number of hydrogen-bond acceptors (Lipinski definition) is 5. The Bertz CT molecular complexity index is 1000. The summed E-state index contributed by atoms with van der Waals surface area (Å²) < 4.78 is 13.5. The third kappa shape index (κ3) is 2.77. The number of amides is 2. The minimum atomic E-state index is -0.722. The first kappa shape index (κ1) is 20.1. The molecular formula is C24H28FN5O2. The highest BCUT2D eigenvalue weighted by atomic mass is 19.1. The second-order valence-corrected chi connectivity index (χ2v) is 10.3. The highest BCUT2D eigenvalue weighted by Crippen LogP contribution is 2.52. The van der Waals surface area contributed by atoms with Gasteiger partial charge in [0.1, 0.15) is 11.9 Å². The molecule has 2 N–H and O–H groups in total. The van der Waals surface area contributed by atoms with E-state index in [9.17, 15) is 19.2 Å². The molecule has 5 aliphatic rings. The van der Waals surface area contributed by atoms with Gasteiger partial charge >= 0.3 is 0 Å². The van der Waals surface area contributed by atoms with Crippen LogP contribution in [-0.4, -0.2) is 69.8 Å². The van der Waals surface area contributed by atoms with Crippen molar-refractivity contribution < 1.29 is 14.0 Å². The first-order chi connectivity index (χ1) is 15.4. The Morgan fingerprint density at radius 2 is 2.00 bits per heavy atom. The van der Waals surface area contributed by atoms with Crippen molar-refractivity contribution in [2.75, 3.05) is 13.1 Å². The van der Waals surface area contributed by atoms with Crippen LogP contribution in [0, 0.1) is 23.1 Å². The van der Waals surface area contributed by atoms with E-state index in [1.807, 2.05) is 12.1 Å². The van der Waals surface area contributed by atoms with Crippen LogP contribution in [0.4, 0.5) is 4.39 Å². The lowest BCUT2D eigenvalue weighted by Crippen LogP contribution is -2.62. The SMILES string of the molecule is N#CC1C[C@@H]2C[C@@H]2N1C(=O)C(N)CN1CC2C[C@H]1C(=O)N2C1(c2ccc(F)cc2)CCC1. The molecule has 2 aliphatic carbocycles. The van der Waals surface area contributed by atoms with E-state index in [4.69, 9.17) is 5.73 Å². The first-order valence-corrected chi connectivity index (χ1v) is 11.7. The van der Waals surface area contributed by atoms with Crippen LogP contribution >= 0.6 is 0 Å². The zero-order valence-corrected chi connectivity index (χ0v) is 18.0. The fourth-order valence-corrected chi connectivity index (χ4v) is 6.78. The van der Waals surface area contributed by atoms with Gasteiger partial charge in [-0.2, -0.15) is 5.26 Å². The summed E-state index contributed by atoms with van der Waals surface area (Å²) in [6.07, 6.45) is 5.34. The maximum Gasteiger partial charge on any atom is 0.242 e. The summed E-state index contributed by atoms with van der Waals surface area (Å²) in [4.78, 5) is 32.3. The van der Waals surface area contributed by atoms with Gasteiger partial charge < -0.3 is 15.5 Å². The Morgan fingerprint density at radius 1 is 1.25 bits per heavy atom. The van der Waals surface area contributed by atoms with Crippen molar-refractivity contribution in [3.8, 4) is 6.07 Å². The number of nitrogens with two attached hydrogens (primary N) is 1. The highest BCUT2D eigenvalue weighted by molar-refractivity contribution is 5.87. The molecule has 2 amide bonds. The van der Waals surface area contributed by atoms with Crippen LogP contribution < -0.4 is 5.73 Å². The van der Waals surface area contributed by atoms with Crippen LogP contribution in [0.5, 0.6) is 0 Å². The van der Waals surface area contributed by atoms with Gasteiger partial charge in [-0.1, -0.05) is 12.1 Å². The van der Waals surface area contributed by atoms with Gasteiger partial charge in [-0.25, -0.2) is 4.39 Å². The number of fused-ring (bicyclic) bond motifs is 3. The van der Waals surface area contributed by atoms with Crippen LogP contribution in [0.15, 0.2) is 24.3 Å². The molecule has 3 unspecified atom stereocenters. The molecule has 0 aromatic heterocycles. The summed E-state index contributed by atoms with van der Waals surface area (Å²) in [6.45, 7) is 1.04. The number of benzene rings is 1. The monoisotopic (exact) mass is 437 g/mol. The molecular weight excluding hydrogens is 409 g/mol. The van der Waals surface area contributed by atoms with Gasteiger partial charge in [0.2, 0.25) is 11.8 Å². The number of halogens is 1. The molecule has 0 spiro atoms. The number of likely N-dealkylation sites (tertiary alicyclic amines) is 3. The fourth-order valence-electron chi connectivity index (χ4n) is 6.78. The van der Waals surface area contributed by atoms with Gasteiger partial charge in [-0.15, -0.1) is 0 Å². The van der Waals surface area contributed by atoms with Gasteiger partial charge in [0, 0.05) is 25.2 Å². The van der Waals surface area contributed by atoms with E-state index >= 15 is 0 Å². The molecule has 2 bridgehead atoms. The van der Waals surface area contributed by atoms with E-state index in [0.29, 0.717) is 19.0 Å². The average Bonchev–Trinajstić information content (AvgIpc) is 3.09. The van der Waals surface area contributed by atoms with Crippen molar-refractivity contribution in [1.29, 1.82) is 5.26 Å². The van der Waals surface area contributed by atoms with E-state index in [1.54, 1.807) is 4.90 Å². The average molecular weight is 438 g/mol. The molecule has 1 aromatic carbocycles. The largest absolute Gasteiger partial charge is 0.327 e. The van der Waals surface area contributed by atoms with Gasteiger partial charge in [-0.05, 0) is 62.1 Å². The summed E-state index contributed by atoms with van der Waals surface area (Å²) in [6, 6.07) is 7.75. The van der Waals surface area contributed by atoms with Crippen LogP contribution in [0.25, 0.3) is 0 Å². The molecule has 2 saturated carbocycles. The maximum absolute atomic E-state index is 13.5. The van der Waals surface area contributed by atoms with Crippen LogP contribution in [0.3, 0.4) is 0 Å². The number of nitrogens with zero attached hydrogens (tertiary/aromatic N) is 4. The lowest BCUT2D eigenvalue weighted by Gasteiger charge is -2.53. The molecule has 32 heavy (non-hydrogen) atoms. The molecule has 168 valence electrons. The van der Waals surface area contributed by atoms with Crippen LogP contribution in [0.2, 0.25) is 0 Å². The zero-order valence-electron chi connectivity index (χ0n) is 18.0. The molecule has 6 atom stereocenters. The molecule has 5 fully saturated rings. The van der Waals surface area contributed by atoms with Gasteiger partial charge in [0.15, 0.2) is 0 Å². The van der Waals surface area contributed by atoms with Crippen molar-refractivity contribution in [1.82, 2.24) is 14.7 Å². The van der Waals surface area contributed by atoms with Crippen molar-refractivity contribution >= 4 is 11.8 Å². The zero-order chi connectivity index (χ0) is 22.2. The first-order valence-electron chi connectivity index (χ1n) is 11.7. The molecule has 7 nitrogen and oxygen atoms in total. The fraction of sp³-hybridized carbons (Fsp3) is 0.625. The predicted octanol–water partition coefficient (Wildman–Crippen LogP) is 1.33. The summed E-state index contributed by atoms with van der Waals surface area (Å²) >= 11 is 0. The second-order valence-electron chi connectivity index (χ2n) is 10.3. The van der Waals surface area contributed by atoms with Gasteiger partial charge in [0.25, 0.3) is 0 Å². The van der Waals surface area contributed by atoms with Gasteiger partial charge in [-0.3, -0.25) is 14.5 Å². The molecule has 3 saturated heterocycles. The van der Waals surface area contributed by atoms with Crippen LogP contribution in [0.1, 0.15) is 44.1 Å². The number of rotatable bonds is 5. The molecule has 8 heteroatoms. The van der Waals surface area contributed by atoms with E-state index in [-0.39, 0.29) is 47.3 Å². The normalized spacial score (nSPS) is 35.4. The molecule has 3 aliphatic heterocycles. The number of hydrogen-bond donors (Lipinski definition) is 1. The molecule has 1 aromatic rings. The van der Waals surface area contributed by atoms with E-state index in [0.717, 1.165) is 44.1 Å². The third-order valence-electron chi connectivity index (χ3n) is 8.55. The Kier molecular flexibility index (Phi) is 4.40. The smallest absolute Gasteiger partial charge is 0.242 e. The summed E-state index contributed by atoms with van der Waals surface area (Å²) in [5, 5.41) is 9.39. The van der Waals surface area contributed by atoms with E-state index < -0.39 is 6.04 Å². The molecule has 6 rings (SSSR count). The number of nitriles is 1. The standard InChI is InChI=1S/C24H28FN5O2/c25-16-4-2-15(3-5-16)24(6-1-7-24)30-18-10-21(23(30)32)28(12-18)13-19(27)22(31)29-17(11-26)8-14-9-20(14)29/h2-5,14,17-21H,1,6-10,12-13,27H2/t14-,17?,18?,19?,20+,21+/m1/s1. The Morgan fingerprint density at radius 3 is 2.62 bits per heavy atom. The summed E-state index contributed by atoms with van der Waals surface area (Å²) in [7, 11) is 0. The second kappa shape index (κ2) is 7.00. The Labute approximate surface area is 186 Å². The summed E-state index contributed by atoms with van der Waals surface area (Å²) in [5.41, 5.74) is 7.00. The van der Waals surface area contributed by atoms with Crippen LogP contribution in [-0.2, 0) is 15.1 Å². The Hall–Kier alpha value is -2.50. The molecule has 3 heterocycles. The maximum atomic E-state index is 13.5. The van der Waals surface area contributed by atoms with Crippen molar-refractivity contribution in [2.24, 2.45) is 11.7 Å². The Balaban J connectivity index is 1.15. The minimum Gasteiger partial charge on any atom is -0.327 e. The topological polar surface area (TPSA) is 93.7 Å².